The Balaban J connectivity index is 2.95. The number of ether oxygens (including phenoxy) is 1. The second-order valence-corrected chi connectivity index (χ2v) is 5.63. The molecule has 5 nitrogen and oxygen atoms in total. The molecule has 1 aromatic carbocycles. The predicted octanol–water partition coefficient (Wildman–Crippen LogP) is 2.89. The highest BCUT2D eigenvalue weighted by Gasteiger charge is 2.28. The topological polar surface area (TPSA) is 83.8 Å². The zero-order chi connectivity index (χ0) is 16.2. The van der Waals surface area contributed by atoms with Gasteiger partial charge in [-0.25, -0.2) is 4.79 Å². The van der Waals surface area contributed by atoms with Crippen LogP contribution in [0, 0.1) is 19.3 Å². The Morgan fingerprint density at radius 3 is 2.14 bits per heavy atom. The molecule has 114 valence electrons. The maximum absolute atomic E-state index is 11.1. The van der Waals surface area contributed by atoms with Crippen molar-refractivity contribution >= 4 is 18.0 Å². The van der Waals surface area contributed by atoms with Gasteiger partial charge in [0.2, 0.25) is 0 Å². The van der Waals surface area contributed by atoms with Crippen LogP contribution in [0.5, 0.6) is 5.75 Å². The number of aryl methyl sites for hydroxylation is 2. The van der Waals surface area contributed by atoms with Gasteiger partial charge in [0.05, 0.1) is 5.41 Å². The summed E-state index contributed by atoms with van der Waals surface area (Å²) in [4.78, 5) is 21.6. The van der Waals surface area contributed by atoms with Gasteiger partial charge in [-0.05, 0) is 62.6 Å². The molecule has 0 bridgehead atoms. The van der Waals surface area contributed by atoms with Gasteiger partial charge in [0.15, 0.2) is 0 Å². The fourth-order valence-corrected chi connectivity index (χ4v) is 1.79. The van der Waals surface area contributed by atoms with Gasteiger partial charge in [-0.3, -0.25) is 4.79 Å². The number of carboxylic acids is 2. The number of hydrogen-bond acceptors (Lipinski definition) is 3. The number of carbonyl (C=O) groups is 2. The van der Waals surface area contributed by atoms with Crippen molar-refractivity contribution in [1.82, 2.24) is 0 Å². The molecule has 0 atom stereocenters. The first-order valence-electron chi connectivity index (χ1n) is 6.52. The van der Waals surface area contributed by atoms with Crippen molar-refractivity contribution in [2.24, 2.45) is 5.41 Å². The van der Waals surface area contributed by atoms with Crippen LogP contribution in [0.15, 0.2) is 18.2 Å². The highest BCUT2D eigenvalue weighted by Crippen LogP contribution is 2.27. The summed E-state index contributed by atoms with van der Waals surface area (Å²) in [5, 5.41) is 17.7. The van der Waals surface area contributed by atoms with E-state index in [-0.39, 0.29) is 6.61 Å². The molecule has 0 radical (unpaired) electrons. The molecule has 0 saturated carbocycles. The number of aliphatic carboxylic acids is 2. The van der Waals surface area contributed by atoms with E-state index in [2.05, 4.69) is 0 Å². The Kier molecular flexibility index (Phi) is 5.13. The summed E-state index contributed by atoms with van der Waals surface area (Å²) < 4.78 is 5.65. The summed E-state index contributed by atoms with van der Waals surface area (Å²) in [5.74, 6) is -1.29. The quantitative estimate of drug-likeness (QED) is 0.788. The molecular weight excluding hydrogens is 272 g/mol. The van der Waals surface area contributed by atoms with Crippen LogP contribution < -0.4 is 4.74 Å². The van der Waals surface area contributed by atoms with E-state index < -0.39 is 17.4 Å². The summed E-state index contributed by atoms with van der Waals surface area (Å²) >= 11 is 0. The lowest BCUT2D eigenvalue weighted by atomic mass is 9.95. The van der Waals surface area contributed by atoms with Gasteiger partial charge in [0.1, 0.15) is 12.4 Å². The SMILES string of the molecule is Cc1cc(C=CC(=O)O)cc(C)c1OCC(C)(C)C(=O)O. The molecule has 21 heavy (non-hydrogen) atoms. The molecule has 0 saturated heterocycles. The van der Waals surface area contributed by atoms with Crippen molar-refractivity contribution in [3.8, 4) is 5.75 Å². The summed E-state index contributed by atoms with van der Waals surface area (Å²) in [6.07, 6.45) is 2.58. The highest BCUT2D eigenvalue weighted by molar-refractivity contribution is 5.85. The summed E-state index contributed by atoms with van der Waals surface area (Å²) in [7, 11) is 0. The molecular formula is C16H20O5. The zero-order valence-electron chi connectivity index (χ0n) is 12.6. The molecule has 2 N–H and O–H groups in total. The molecule has 0 heterocycles. The van der Waals surface area contributed by atoms with Crippen molar-refractivity contribution in [3.63, 3.8) is 0 Å². The van der Waals surface area contributed by atoms with Crippen molar-refractivity contribution in [3.05, 3.63) is 34.9 Å². The summed E-state index contributed by atoms with van der Waals surface area (Å²) in [6.45, 7) is 6.95. The molecule has 0 amide bonds. The first kappa shape index (κ1) is 16.8. The molecule has 0 aliphatic rings. The summed E-state index contributed by atoms with van der Waals surface area (Å²) in [5.41, 5.74) is 1.46. The van der Waals surface area contributed by atoms with Crippen LogP contribution in [0.25, 0.3) is 6.08 Å². The average molecular weight is 292 g/mol. The second-order valence-electron chi connectivity index (χ2n) is 5.63. The van der Waals surface area contributed by atoms with Crippen LogP contribution in [0.1, 0.15) is 30.5 Å². The molecule has 0 aliphatic carbocycles. The monoisotopic (exact) mass is 292 g/mol. The molecule has 1 aromatic rings. The van der Waals surface area contributed by atoms with Crippen LogP contribution >= 0.6 is 0 Å². The van der Waals surface area contributed by atoms with E-state index in [1.54, 1.807) is 26.0 Å². The standard InChI is InChI=1S/C16H20O5/c1-10-7-12(5-6-13(17)18)8-11(2)14(10)21-9-16(3,4)15(19)20/h5-8H,9H2,1-4H3,(H,17,18)(H,19,20). The first-order valence-corrected chi connectivity index (χ1v) is 6.52. The van der Waals surface area contributed by atoms with Crippen LogP contribution in [-0.4, -0.2) is 28.8 Å². The van der Waals surface area contributed by atoms with Crippen molar-refractivity contribution in [2.75, 3.05) is 6.61 Å². The van der Waals surface area contributed by atoms with E-state index in [0.717, 1.165) is 22.8 Å². The van der Waals surface area contributed by atoms with Gasteiger partial charge in [-0.2, -0.15) is 0 Å². The van der Waals surface area contributed by atoms with Crippen molar-refractivity contribution in [1.29, 1.82) is 0 Å². The maximum atomic E-state index is 11.1. The highest BCUT2D eigenvalue weighted by atomic mass is 16.5. The van der Waals surface area contributed by atoms with Gasteiger partial charge in [-0.1, -0.05) is 0 Å². The number of hydrogen-bond donors (Lipinski definition) is 2. The van der Waals surface area contributed by atoms with Crippen molar-refractivity contribution < 1.29 is 24.5 Å². The van der Waals surface area contributed by atoms with Crippen molar-refractivity contribution in [2.45, 2.75) is 27.7 Å². The van der Waals surface area contributed by atoms with Gasteiger partial charge < -0.3 is 14.9 Å². The Morgan fingerprint density at radius 2 is 1.71 bits per heavy atom. The van der Waals surface area contributed by atoms with Gasteiger partial charge >= 0.3 is 11.9 Å². The van der Waals surface area contributed by atoms with E-state index in [1.165, 1.54) is 6.08 Å². The molecule has 1 rings (SSSR count). The summed E-state index contributed by atoms with van der Waals surface area (Å²) in [6, 6.07) is 3.60. The van der Waals surface area contributed by atoms with E-state index in [1.807, 2.05) is 13.8 Å². The van der Waals surface area contributed by atoms with Gasteiger partial charge in [-0.15, -0.1) is 0 Å². The van der Waals surface area contributed by atoms with Crippen LogP contribution in [-0.2, 0) is 9.59 Å². The Morgan fingerprint density at radius 1 is 1.19 bits per heavy atom. The maximum Gasteiger partial charge on any atom is 0.328 e. The van der Waals surface area contributed by atoms with Gasteiger partial charge in [0, 0.05) is 6.08 Å². The molecule has 0 aliphatic heterocycles. The minimum Gasteiger partial charge on any atom is -0.492 e. The number of carboxylic acid groups (broad SMARTS) is 2. The minimum absolute atomic E-state index is 0.0638. The predicted molar refractivity (Wildman–Crippen MR) is 79.5 cm³/mol. The minimum atomic E-state index is -1.01. The Bertz CT molecular complexity index is 561. The van der Waals surface area contributed by atoms with Crippen LogP contribution in [0.2, 0.25) is 0 Å². The molecule has 5 heteroatoms. The normalized spacial score (nSPS) is 11.6. The number of rotatable bonds is 6. The van der Waals surface area contributed by atoms with Crippen LogP contribution in [0.3, 0.4) is 0 Å². The van der Waals surface area contributed by atoms with Crippen LogP contribution in [0.4, 0.5) is 0 Å². The fraction of sp³-hybridized carbons (Fsp3) is 0.375. The largest absolute Gasteiger partial charge is 0.492 e. The number of benzene rings is 1. The lowest BCUT2D eigenvalue weighted by molar-refractivity contribution is -0.148. The lowest BCUT2D eigenvalue weighted by Gasteiger charge is -2.21. The van der Waals surface area contributed by atoms with E-state index in [4.69, 9.17) is 14.9 Å². The third-order valence-electron chi connectivity index (χ3n) is 3.06. The third kappa shape index (κ3) is 4.63. The van der Waals surface area contributed by atoms with E-state index in [9.17, 15) is 9.59 Å². The Labute approximate surface area is 123 Å². The molecule has 0 unspecified atom stereocenters. The third-order valence-corrected chi connectivity index (χ3v) is 3.06. The molecule has 0 spiro atoms. The fourth-order valence-electron chi connectivity index (χ4n) is 1.79. The molecule has 0 fully saturated rings. The average Bonchev–Trinajstić information content (AvgIpc) is 2.35. The lowest BCUT2D eigenvalue weighted by Crippen LogP contribution is -2.31. The van der Waals surface area contributed by atoms with E-state index >= 15 is 0 Å². The molecule has 0 aromatic heterocycles. The smallest absolute Gasteiger partial charge is 0.328 e. The van der Waals surface area contributed by atoms with Gasteiger partial charge in [0.25, 0.3) is 0 Å². The second kappa shape index (κ2) is 6.43. The van der Waals surface area contributed by atoms with E-state index in [0.29, 0.717) is 5.75 Å². The Hall–Kier alpha value is -2.30. The zero-order valence-corrected chi connectivity index (χ0v) is 12.6. The first-order chi connectivity index (χ1) is 9.63.